The van der Waals surface area contributed by atoms with Crippen molar-refractivity contribution in [3.05, 3.63) is 37.9 Å². The molecule has 1 atom stereocenters. The van der Waals surface area contributed by atoms with Crippen LogP contribution in [0.2, 0.25) is 0 Å². The van der Waals surface area contributed by atoms with Crippen LogP contribution in [-0.4, -0.2) is 21.4 Å². The minimum absolute atomic E-state index is 0.229. The number of nitrogens with one attached hydrogen (secondary N) is 1. The van der Waals surface area contributed by atoms with Crippen molar-refractivity contribution in [2.75, 3.05) is 0 Å². The van der Waals surface area contributed by atoms with E-state index in [1.54, 1.807) is 19.1 Å². The van der Waals surface area contributed by atoms with Crippen molar-refractivity contribution in [2.45, 2.75) is 25.8 Å². The van der Waals surface area contributed by atoms with E-state index in [1.165, 1.54) is 4.57 Å². The highest BCUT2D eigenvalue weighted by molar-refractivity contribution is 14.1. The van der Waals surface area contributed by atoms with Crippen molar-refractivity contribution in [2.24, 2.45) is 0 Å². The molecule has 3 rings (SSSR count). The molecule has 1 aliphatic rings. The molecule has 1 aliphatic heterocycles. The molecule has 1 unspecified atom stereocenters. The molecule has 2 heterocycles. The number of carbonyl (C=O) groups is 2. The molecule has 1 fully saturated rings. The number of aryl methyl sites for hydroxylation is 1. The highest BCUT2D eigenvalue weighted by atomic mass is 127. The topological polar surface area (TPSA) is 81.1 Å². The van der Waals surface area contributed by atoms with E-state index in [-0.39, 0.29) is 17.9 Å². The molecule has 6 nitrogen and oxygen atoms in total. The Balaban J connectivity index is 2.22. The number of benzene rings is 1. The Morgan fingerprint density at radius 1 is 1.33 bits per heavy atom. The molecule has 0 spiro atoms. The van der Waals surface area contributed by atoms with Crippen molar-refractivity contribution in [1.82, 2.24) is 14.9 Å². The summed E-state index contributed by atoms with van der Waals surface area (Å²) in [7, 11) is 0. The van der Waals surface area contributed by atoms with Crippen LogP contribution in [0.3, 0.4) is 0 Å². The zero-order chi connectivity index (χ0) is 15.1. The lowest BCUT2D eigenvalue weighted by Crippen LogP contribution is -2.45. The Morgan fingerprint density at radius 3 is 2.81 bits per heavy atom. The first-order valence-corrected chi connectivity index (χ1v) is 7.58. The fourth-order valence-corrected chi connectivity index (χ4v) is 3.21. The minimum atomic E-state index is -0.676. The second kappa shape index (κ2) is 5.21. The highest BCUT2D eigenvalue weighted by Gasteiger charge is 2.30. The van der Waals surface area contributed by atoms with E-state index in [2.05, 4.69) is 32.9 Å². The third-order valence-electron chi connectivity index (χ3n) is 3.58. The quantitative estimate of drug-likeness (QED) is 0.581. The van der Waals surface area contributed by atoms with Gasteiger partial charge in [0.1, 0.15) is 11.9 Å². The summed E-state index contributed by atoms with van der Waals surface area (Å²) in [6.07, 6.45) is 0.551. The Hall–Kier alpha value is -1.77. The molecule has 0 radical (unpaired) electrons. The van der Waals surface area contributed by atoms with E-state index >= 15 is 0 Å². The molecule has 0 bridgehead atoms. The number of carbonyl (C=O) groups excluding carboxylic acids is 2. The van der Waals surface area contributed by atoms with Crippen molar-refractivity contribution < 1.29 is 9.59 Å². The molecule has 1 saturated heterocycles. The van der Waals surface area contributed by atoms with Gasteiger partial charge in [0.15, 0.2) is 0 Å². The zero-order valence-corrected chi connectivity index (χ0v) is 13.4. The average Bonchev–Trinajstić information content (AvgIpc) is 2.42. The number of fused-ring (bicyclic) bond motifs is 1. The number of halogens is 1. The average molecular weight is 397 g/mol. The SMILES string of the molecule is Cc1nc2c(I)cccc2c(=O)n1C1CCC(=O)NC1=O. The molecule has 2 amide bonds. The van der Waals surface area contributed by atoms with Gasteiger partial charge in [-0.05, 0) is 48.1 Å². The van der Waals surface area contributed by atoms with Crippen LogP contribution in [0.25, 0.3) is 10.9 Å². The molecule has 0 saturated carbocycles. The van der Waals surface area contributed by atoms with Gasteiger partial charge in [-0.1, -0.05) is 6.07 Å². The Labute approximate surface area is 133 Å². The van der Waals surface area contributed by atoms with E-state index in [4.69, 9.17) is 0 Å². The number of amides is 2. The summed E-state index contributed by atoms with van der Waals surface area (Å²) in [4.78, 5) is 40.4. The van der Waals surface area contributed by atoms with Crippen LogP contribution >= 0.6 is 22.6 Å². The van der Waals surface area contributed by atoms with Crippen LogP contribution in [-0.2, 0) is 9.59 Å². The highest BCUT2D eigenvalue weighted by Crippen LogP contribution is 2.21. The number of rotatable bonds is 1. The first kappa shape index (κ1) is 14.2. The summed E-state index contributed by atoms with van der Waals surface area (Å²) < 4.78 is 2.28. The maximum atomic E-state index is 12.7. The van der Waals surface area contributed by atoms with Gasteiger partial charge in [0.2, 0.25) is 11.8 Å². The first-order valence-electron chi connectivity index (χ1n) is 6.50. The lowest BCUT2D eigenvalue weighted by atomic mass is 10.1. The third kappa shape index (κ3) is 2.35. The molecule has 7 heteroatoms. The van der Waals surface area contributed by atoms with Crippen molar-refractivity contribution in [3.63, 3.8) is 0 Å². The number of aromatic nitrogens is 2. The maximum absolute atomic E-state index is 12.7. The molecule has 21 heavy (non-hydrogen) atoms. The monoisotopic (exact) mass is 397 g/mol. The maximum Gasteiger partial charge on any atom is 0.262 e. The Morgan fingerprint density at radius 2 is 2.10 bits per heavy atom. The van der Waals surface area contributed by atoms with E-state index in [9.17, 15) is 14.4 Å². The normalized spacial score (nSPS) is 18.9. The van der Waals surface area contributed by atoms with E-state index in [0.717, 1.165) is 3.57 Å². The molecule has 108 valence electrons. The summed E-state index contributed by atoms with van der Waals surface area (Å²) in [6, 6.07) is 4.70. The predicted molar refractivity (Wildman–Crippen MR) is 84.9 cm³/mol. The first-order chi connectivity index (χ1) is 9.99. The minimum Gasteiger partial charge on any atom is -0.295 e. The number of hydrogen-bond acceptors (Lipinski definition) is 4. The standard InChI is InChI=1S/C14H12IN3O3/c1-7-16-12-8(3-2-4-9(12)15)14(21)18(7)10-5-6-11(19)17-13(10)20/h2-4,10H,5-6H2,1H3,(H,17,19,20). The summed E-state index contributed by atoms with van der Waals surface area (Å²) in [5.74, 6) is -0.264. The fourth-order valence-electron chi connectivity index (χ4n) is 2.59. The molecule has 0 aliphatic carbocycles. The van der Waals surface area contributed by atoms with Crippen LogP contribution in [0.5, 0.6) is 0 Å². The van der Waals surface area contributed by atoms with E-state index in [0.29, 0.717) is 23.1 Å². The van der Waals surface area contributed by atoms with Crippen molar-refractivity contribution in [1.29, 1.82) is 0 Å². The van der Waals surface area contributed by atoms with Gasteiger partial charge in [0.25, 0.3) is 5.56 Å². The van der Waals surface area contributed by atoms with Crippen molar-refractivity contribution >= 4 is 45.3 Å². The van der Waals surface area contributed by atoms with Crippen LogP contribution in [0.1, 0.15) is 24.7 Å². The zero-order valence-electron chi connectivity index (χ0n) is 11.2. The summed E-state index contributed by atoms with van der Waals surface area (Å²) >= 11 is 2.13. The predicted octanol–water partition coefficient (Wildman–Crippen LogP) is 1.29. The molecule has 1 aromatic heterocycles. The van der Waals surface area contributed by atoms with Crippen molar-refractivity contribution in [3.8, 4) is 0 Å². The molecule has 1 aromatic carbocycles. The van der Waals surface area contributed by atoms with Crippen LogP contribution in [0.15, 0.2) is 23.0 Å². The number of para-hydroxylation sites is 1. The second-order valence-corrected chi connectivity index (χ2v) is 6.10. The number of hydrogen-bond donors (Lipinski definition) is 1. The lowest BCUT2D eigenvalue weighted by Gasteiger charge is -2.24. The van der Waals surface area contributed by atoms with Gasteiger partial charge in [-0.25, -0.2) is 4.98 Å². The van der Waals surface area contributed by atoms with Gasteiger partial charge < -0.3 is 0 Å². The molecular weight excluding hydrogens is 385 g/mol. The van der Waals surface area contributed by atoms with Gasteiger partial charge in [-0.2, -0.15) is 0 Å². The van der Waals surface area contributed by atoms with E-state index in [1.807, 2.05) is 6.07 Å². The molecule has 2 aromatic rings. The van der Waals surface area contributed by atoms with Crippen LogP contribution in [0, 0.1) is 10.5 Å². The molecule has 1 N–H and O–H groups in total. The Kier molecular flexibility index (Phi) is 3.52. The number of imide groups is 1. The summed E-state index contributed by atoms with van der Waals surface area (Å²) in [5.41, 5.74) is 0.398. The van der Waals surface area contributed by atoms with Gasteiger partial charge in [0.05, 0.1) is 10.9 Å². The van der Waals surface area contributed by atoms with Crippen LogP contribution in [0.4, 0.5) is 0 Å². The van der Waals surface area contributed by atoms with Gasteiger partial charge in [0, 0.05) is 9.99 Å². The fraction of sp³-hybridized carbons (Fsp3) is 0.286. The third-order valence-corrected chi connectivity index (χ3v) is 4.45. The molecular formula is C14H12IN3O3. The number of nitrogens with zero attached hydrogens (tertiary/aromatic N) is 2. The van der Waals surface area contributed by atoms with E-state index < -0.39 is 11.9 Å². The van der Waals surface area contributed by atoms with Gasteiger partial charge in [-0.15, -0.1) is 0 Å². The second-order valence-electron chi connectivity index (χ2n) is 4.94. The number of piperidine rings is 1. The van der Waals surface area contributed by atoms with Gasteiger partial charge >= 0.3 is 0 Å². The van der Waals surface area contributed by atoms with Crippen LogP contribution < -0.4 is 10.9 Å². The summed E-state index contributed by atoms with van der Waals surface area (Å²) in [5, 5.41) is 2.76. The van der Waals surface area contributed by atoms with Gasteiger partial charge in [-0.3, -0.25) is 24.3 Å². The lowest BCUT2D eigenvalue weighted by molar-refractivity contribution is -0.135. The Bertz CT molecular complexity index is 828. The summed E-state index contributed by atoms with van der Waals surface area (Å²) in [6.45, 7) is 1.70. The smallest absolute Gasteiger partial charge is 0.262 e. The largest absolute Gasteiger partial charge is 0.295 e.